The Hall–Kier alpha value is -3.86. The number of hydrogen-bond acceptors (Lipinski definition) is 5. The van der Waals surface area contributed by atoms with Gasteiger partial charge in [-0.15, -0.1) is 0 Å². The van der Waals surface area contributed by atoms with E-state index in [9.17, 15) is 4.79 Å². The number of hydrogen-bond donors (Lipinski definition) is 1. The van der Waals surface area contributed by atoms with Crippen molar-refractivity contribution in [3.63, 3.8) is 0 Å². The van der Waals surface area contributed by atoms with Gasteiger partial charge in [0.05, 0.1) is 12.2 Å². The van der Waals surface area contributed by atoms with Gasteiger partial charge in [-0.05, 0) is 36.6 Å². The zero-order valence-corrected chi connectivity index (χ0v) is 17.3. The second kappa shape index (κ2) is 7.19. The molecule has 2 N–H and O–H groups in total. The number of amides is 1. The maximum atomic E-state index is 13.3. The van der Waals surface area contributed by atoms with Gasteiger partial charge in [0.25, 0.3) is 5.91 Å². The molecule has 1 amide bonds. The number of nitrogens with zero attached hydrogens (tertiary/aromatic N) is 5. The van der Waals surface area contributed by atoms with Gasteiger partial charge in [0.15, 0.2) is 11.6 Å². The minimum Gasteiger partial charge on any atom is -0.482 e. The fourth-order valence-corrected chi connectivity index (χ4v) is 3.75. The average molecular weight is 402 g/mol. The van der Waals surface area contributed by atoms with E-state index in [1.165, 1.54) is 0 Å². The quantitative estimate of drug-likeness (QED) is 0.580. The van der Waals surface area contributed by atoms with Crippen molar-refractivity contribution in [3.8, 4) is 16.9 Å². The highest BCUT2D eigenvalue weighted by molar-refractivity contribution is 5.96. The first-order valence-electron chi connectivity index (χ1n) is 9.52. The molecule has 0 saturated heterocycles. The third-order valence-electron chi connectivity index (χ3n) is 5.34. The number of ether oxygens (including phenoxy) is 1. The number of benzene rings is 1. The number of nitrogens with two attached hydrogens (primary N) is 1. The summed E-state index contributed by atoms with van der Waals surface area (Å²) in [4.78, 5) is 22.8. The molecule has 1 atom stereocenters. The molecule has 0 aliphatic carbocycles. The normalized spacial score (nSPS) is 15.9. The smallest absolute Gasteiger partial charge is 0.303 e. The fourth-order valence-electron chi connectivity index (χ4n) is 3.75. The zero-order chi connectivity index (χ0) is 21.6. The largest absolute Gasteiger partial charge is 0.482 e. The van der Waals surface area contributed by atoms with Crippen molar-refractivity contribution >= 4 is 17.5 Å². The molecule has 1 aliphatic heterocycles. The van der Waals surface area contributed by atoms with Gasteiger partial charge in [-0.25, -0.2) is 4.98 Å². The van der Waals surface area contributed by atoms with E-state index in [2.05, 4.69) is 14.9 Å². The van der Waals surface area contributed by atoms with Gasteiger partial charge in [0, 0.05) is 37.0 Å². The number of aromatic nitrogens is 3. The van der Waals surface area contributed by atoms with Crippen molar-refractivity contribution in [2.45, 2.75) is 26.5 Å². The lowest BCUT2D eigenvalue weighted by molar-refractivity contribution is 0.0777. The maximum absolute atomic E-state index is 13.3. The van der Waals surface area contributed by atoms with Crippen LogP contribution in [0.2, 0.25) is 0 Å². The second-order valence-corrected chi connectivity index (χ2v) is 7.50. The lowest BCUT2D eigenvalue weighted by atomic mass is 9.98. The lowest BCUT2D eigenvalue weighted by Gasteiger charge is -2.24. The summed E-state index contributed by atoms with van der Waals surface area (Å²) in [6.07, 6.45) is 1.18. The highest BCUT2D eigenvalue weighted by Gasteiger charge is 2.27. The maximum Gasteiger partial charge on any atom is 0.303 e. The van der Waals surface area contributed by atoms with Crippen molar-refractivity contribution in [1.82, 2.24) is 19.7 Å². The molecule has 0 unspecified atom stereocenters. The number of fused-ring (bicyclic) bond motifs is 5. The van der Waals surface area contributed by atoms with Crippen LogP contribution in [0.25, 0.3) is 16.0 Å². The Morgan fingerprint density at radius 3 is 2.80 bits per heavy atom. The molecule has 3 heterocycles. The van der Waals surface area contributed by atoms with Crippen LogP contribution in [-0.2, 0) is 13.6 Å². The first-order chi connectivity index (χ1) is 14.3. The van der Waals surface area contributed by atoms with Crippen LogP contribution in [-0.4, -0.2) is 32.6 Å². The van der Waals surface area contributed by atoms with Gasteiger partial charge in [-0.3, -0.25) is 4.79 Å². The number of pyridine rings is 1. The van der Waals surface area contributed by atoms with Crippen LogP contribution in [0.1, 0.15) is 40.2 Å². The Morgan fingerprint density at radius 1 is 1.30 bits per heavy atom. The van der Waals surface area contributed by atoms with E-state index in [4.69, 9.17) is 17.0 Å². The molecule has 0 fully saturated rings. The van der Waals surface area contributed by atoms with Gasteiger partial charge >= 0.3 is 5.82 Å². The van der Waals surface area contributed by atoms with Gasteiger partial charge in [0.1, 0.15) is 6.10 Å². The predicted octanol–water partition coefficient (Wildman–Crippen LogP) is 3.65. The molecular formula is C22H22N6O2. The predicted molar refractivity (Wildman–Crippen MR) is 113 cm³/mol. The highest BCUT2D eigenvalue weighted by atomic mass is 16.5. The number of carbonyl (C=O) groups is 1. The molecule has 2 aromatic heterocycles. The number of anilines is 1. The lowest BCUT2D eigenvalue weighted by Crippen LogP contribution is -2.29. The first-order valence-corrected chi connectivity index (χ1v) is 9.52. The van der Waals surface area contributed by atoms with Crippen LogP contribution in [0, 0.1) is 13.5 Å². The van der Waals surface area contributed by atoms with Crippen molar-refractivity contribution in [2.24, 2.45) is 7.05 Å². The van der Waals surface area contributed by atoms with Gasteiger partial charge < -0.3 is 20.2 Å². The molecule has 4 rings (SSSR count). The van der Waals surface area contributed by atoms with Crippen LogP contribution < -0.4 is 10.5 Å². The third-order valence-corrected chi connectivity index (χ3v) is 5.34. The van der Waals surface area contributed by atoms with Crippen molar-refractivity contribution < 1.29 is 9.53 Å². The van der Waals surface area contributed by atoms with Crippen LogP contribution in [0.5, 0.6) is 5.75 Å². The molecule has 8 nitrogen and oxygen atoms in total. The van der Waals surface area contributed by atoms with Crippen LogP contribution in [0.4, 0.5) is 11.6 Å². The third kappa shape index (κ3) is 3.14. The Bertz CT molecular complexity index is 1210. The molecule has 30 heavy (non-hydrogen) atoms. The zero-order valence-electron chi connectivity index (χ0n) is 17.3. The Labute approximate surface area is 174 Å². The van der Waals surface area contributed by atoms with Crippen molar-refractivity contribution in [1.29, 1.82) is 0 Å². The molecule has 0 spiro atoms. The van der Waals surface area contributed by atoms with E-state index in [1.54, 1.807) is 35.9 Å². The molecule has 0 radical (unpaired) electrons. The highest BCUT2D eigenvalue weighted by Crippen LogP contribution is 2.38. The van der Waals surface area contributed by atoms with Gasteiger partial charge in [-0.2, -0.15) is 4.68 Å². The first kappa shape index (κ1) is 19.5. The molecule has 0 saturated carbocycles. The molecule has 152 valence electrons. The summed E-state index contributed by atoms with van der Waals surface area (Å²) in [5.41, 5.74) is 10.5. The van der Waals surface area contributed by atoms with Crippen molar-refractivity contribution in [2.75, 3.05) is 12.8 Å². The summed E-state index contributed by atoms with van der Waals surface area (Å²) >= 11 is 0. The van der Waals surface area contributed by atoms with E-state index in [-0.39, 0.29) is 24.1 Å². The number of rotatable bonds is 0. The average Bonchev–Trinajstić information content (AvgIpc) is 3.03. The summed E-state index contributed by atoms with van der Waals surface area (Å²) in [6.45, 7) is 11.7. The Balaban J connectivity index is 1.99. The monoisotopic (exact) mass is 402 g/mol. The Kier molecular flexibility index (Phi) is 4.66. The summed E-state index contributed by atoms with van der Waals surface area (Å²) < 4.78 is 7.79. The summed E-state index contributed by atoms with van der Waals surface area (Å²) in [7, 11) is 3.50. The van der Waals surface area contributed by atoms with Crippen LogP contribution in [0.15, 0.2) is 30.5 Å². The summed E-state index contributed by atoms with van der Waals surface area (Å²) in [5.74, 6) is 0.758. The standard InChI is InChI=1S/C22H22N6O2/c1-12-6-7-15-16(8-12)13(2)30-18-9-14(10-25-20(18)23)19-17(11-27(4)22(15)29)28(5)26-21(19)24-3/h6-10,13H,11H2,1-2,4-5H3,(H2,23,25)/t13-/m1/s1. The van der Waals surface area contributed by atoms with E-state index in [1.807, 2.05) is 32.0 Å². The number of nitrogen functional groups attached to an aromatic ring is 1. The SMILES string of the molecule is [C-]#[N+]c1nn(C)c2c1-c1cnc(N)c(c1)O[C@H](C)c1cc(C)ccc1C(=O)N(C)C2. The number of aryl methyl sites for hydroxylation is 2. The molecular weight excluding hydrogens is 380 g/mol. The van der Waals surface area contributed by atoms with Crippen LogP contribution >= 0.6 is 0 Å². The number of carbonyl (C=O) groups excluding carboxylic acids is 1. The minimum absolute atomic E-state index is 0.132. The molecule has 1 aromatic carbocycles. The molecule has 3 aromatic rings. The van der Waals surface area contributed by atoms with Gasteiger partial charge in [0.2, 0.25) is 0 Å². The Morgan fingerprint density at radius 2 is 2.07 bits per heavy atom. The van der Waals surface area contributed by atoms with Crippen molar-refractivity contribution in [3.05, 3.63) is 64.3 Å². The van der Waals surface area contributed by atoms with Gasteiger partial charge in [-0.1, -0.05) is 24.3 Å². The van der Waals surface area contributed by atoms with E-state index in [0.29, 0.717) is 22.4 Å². The van der Waals surface area contributed by atoms with E-state index < -0.39 is 6.10 Å². The second-order valence-electron chi connectivity index (χ2n) is 7.50. The molecule has 1 aliphatic rings. The van der Waals surface area contributed by atoms with E-state index in [0.717, 1.165) is 16.8 Å². The fraction of sp³-hybridized carbons (Fsp3) is 0.273. The summed E-state index contributed by atoms with van der Waals surface area (Å²) in [6, 6.07) is 7.47. The summed E-state index contributed by atoms with van der Waals surface area (Å²) in [5, 5.41) is 4.33. The molecule has 8 heteroatoms. The topological polar surface area (TPSA) is 90.6 Å². The molecule has 2 bridgehead atoms. The van der Waals surface area contributed by atoms with E-state index >= 15 is 0 Å². The minimum atomic E-state index is -0.426. The van der Waals surface area contributed by atoms with Crippen LogP contribution in [0.3, 0.4) is 0 Å².